The van der Waals surface area contributed by atoms with E-state index >= 15 is 0 Å². The summed E-state index contributed by atoms with van der Waals surface area (Å²) >= 11 is 0. The number of fused-ring (bicyclic) bond motifs is 6. The second-order valence-corrected chi connectivity index (χ2v) is 26.0. The molecular formula is C67H56O2Si2. The molecule has 0 amide bonds. The van der Waals surface area contributed by atoms with Crippen molar-refractivity contribution in [2.24, 2.45) is 5.41 Å². The SMILES string of the molecule is c1ccc([Si](OCCC(CCO[Si](c2ccccc2)(c2ccccc2)c2ccccc2)(C2c3ccccc3-c3ccccc32)C2c3ccccc3-c3ccccc32)(c2ccccc2)c2ccccc2)cc1. The van der Waals surface area contributed by atoms with Crippen molar-refractivity contribution in [3.63, 3.8) is 0 Å². The average molecular weight is 949 g/mol. The minimum absolute atomic E-state index is 0.0220. The Hall–Kier alpha value is -7.45. The molecule has 0 N–H and O–H groups in total. The Morgan fingerprint density at radius 1 is 0.254 bits per heavy atom. The van der Waals surface area contributed by atoms with E-state index in [-0.39, 0.29) is 11.8 Å². The van der Waals surface area contributed by atoms with Crippen LogP contribution >= 0.6 is 0 Å². The van der Waals surface area contributed by atoms with Gasteiger partial charge in [0.15, 0.2) is 0 Å². The average Bonchev–Trinajstić information content (AvgIpc) is 3.98. The van der Waals surface area contributed by atoms with E-state index in [0.29, 0.717) is 13.2 Å². The highest BCUT2D eigenvalue weighted by Crippen LogP contribution is 2.65. The quantitative estimate of drug-likeness (QED) is 0.0710. The van der Waals surface area contributed by atoms with Crippen molar-refractivity contribution in [1.29, 1.82) is 0 Å². The number of rotatable bonds is 16. The van der Waals surface area contributed by atoms with Gasteiger partial charge in [0.2, 0.25) is 0 Å². The molecule has 71 heavy (non-hydrogen) atoms. The molecule has 0 spiro atoms. The van der Waals surface area contributed by atoms with Crippen LogP contribution in [0.3, 0.4) is 0 Å². The van der Waals surface area contributed by atoms with Gasteiger partial charge >= 0.3 is 0 Å². The molecule has 0 bridgehead atoms. The van der Waals surface area contributed by atoms with Gasteiger partial charge in [-0.25, -0.2) is 0 Å². The lowest BCUT2D eigenvalue weighted by atomic mass is 9.57. The molecule has 10 aromatic carbocycles. The fraction of sp³-hybridized carbons (Fsp3) is 0.104. The summed E-state index contributed by atoms with van der Waals surface area (Å²) in [6, 6.07) is 103. The molecule has 344 valence electrons. The second kappa shape index (κ2) is 19.4. The first-order chi connectivity index (χ1) is 35.2. The van der Waals surface area contributed by atoms with Gasteiger partial charge in [0, 0.05) is 25.0 Å². The van der Waals surface area contributed by atoms with Crippen LogP contribution in [0.25, 0.3) is 22.3 Å². The maximum Gasteiger partial charge on any atom is 0.288 e. The molecule has 10 aromatic rings. The molecule has 0 atom stereocenters. The van der Waals surface area contributed by atoms with Gasteiger partial charge in [0.1, 0.15) is 0 Å². The van der Waals surface area contributed by atoms with Gasteiger partial charge in [0.05, 0.1) is 0 Å². The van der Waals surface area contributed by atoms with E-state index in [9.17, 15) is 0 Å². The predicted octanol–water partition coefficient (Wildman–Crippen LogP) is 11.7. The van der Waals surface area contributed by atoms with Crippen LogP contribution in [0.2, 0.25) is 0 Å². The van der Waals surface area contributed by atoms with Crippen molar-refractivity contribution in [1.82, 2.24) is 0 Å². The van der Waals surface area contributed by atoms with Crippen LogP contribution in [-0.4, -0.2) is 29.8 Å². The van der Waals surface area contributed by atoms with Crippen molar-refractivity contribution >= 4 is 47.8 Å². The molecule has 12 rings (SSSR count). The van der Waals surface area contributed by atoms with Crippen LogP contribution < -0.4 is 31.1 Å². The maximum atomic E-state index is 8.08. The highest BCUT2D eigenvalue weighted by molar-refractivity contribution is 7.07. The maximum absolute atomic E-state index is 8.08. The molecule has 0 unspecified atom stereocenters. The highest BCUT2D eigenvalue weighted by Gasteiger charge is 2.54. The largest absolute Gasteiger partial charge is 0.404 e. The van der Waals surface area contributed by atoms with Crippen molar-refractivity contribution < 1.29 is 8.85 Å². The Balaban J connectivity index is 1.09. The zero-order chi connectivity index (χ0) is 47.5. The standard InChI is InChI=1S/C67H56O2Si2/c1-7-27-51(28-8-1)70(52-29-9-2-10-30-52,53-31-11-3-12-32-53)68-49-47-67(65-61-43-23-19-39-57(61)58-40-20-24-44-62(58)65,66-63-45-25-21-41-59(63)60-42-22-26-46-64(60)66)48-50-69-71(54-33-13-4-14-34-54,55-35-15-5-16-36-55)56-37-17-6-18-38-56/h1-46,65-66H,47-50H2. The minimum Gasteiger partial charge on any atom is -0.404 e. The summed E-state index contributed by atoms with van der Waals surface area (Å²) in [5.74, 6) is 0.0441. The van der Waals surface area contributed by atoms with Gasteiger partial charge in [0.25, 0.3) is 16.6 Å². The Morgan fingerprint density at radius 3 is 0.676 bits per heavy atom. The molecule has 0 aromatic heterocycles. The van der Waals surface area contributed by atoms with Crippen LogP contribution in [0.4, 0.5) is 0 Å². The lowest BCUT2D eigenvalue weighted by Gasteiger charge is -2.47. The van der Waals surface area contributed by atoms with Crippen LogP contribution in [0.5, 0.6) is 0 Å². The first kappa shape index (κ1) is 44.7. The predicted molar refractivity (Wildman–Crippen MR) is 299 cm³/mol. The third-order valence-corrected chi connectivity index (χ3v) is 23.8. The fourth-order valence-electron chi connectivity index (χ4n) is 12.7. The molecule has 2 nitrogen and oxygen atoms in total. The Morgan fingerprint density at radius 2 is 0.451 bits per heavy atom. The summed E-state index contributed by atoms with van der Waals surface area (Å²) < 4.78 is 16.2. The molecule has 0 radical (unpaired) electrons. The molecule has 0 heterocycles. The lowest BCUT2D eigenvalue weighted by molar-refractivity contribution is 0.113. The van der Waals surface area contributed by atoms with Crippen LogP contribution in [-0.2, 0) is 8.85 Å². The third-order valence-electron chi connectivity index (χ3n) is 15.7. The van der Waals surface area contributed by atoms with E-state index in [1.54, 1.807) is 0 Å². The van der Waals surface area contributed by atoms with Crippen molar-refractivity contribution in [3.8, 4) is 22.3 Å². The van der Waals surface area contributed by atoms with Gasteiger partial charge in [-0.05, 0) is 93.9 Å². The Bertz CT molecular complexity index is 2870. The monoisotopic (exact) mass is 948 g/mol. The highest BCUT2D eigenvalue weighted by atomic mass is 28.4. The molecular weight excluding hydrogens is 893 g/mol. The van der Waals surface area contributed by atoms with E-state index in [1.165, 1.54) is 75.6 Å². The van der Waals surface area contributed by atoms with Gasteiger partial charge in [-0.1, -0.05) is 279 Å². The molecule has 2 aliphatic carbocycles. The van der Waals surface area contributed by atoms with E-state index in [0.717, 1.165) is 12.8 Å². The summed E-state index contributed by atoms with van der Waals surface area (Å²) in [6.45, 7) is 1.07. The first-order valence-electron chi connectivity index (χ1n) is 25.2. The number of benzene rings is 10. The van der Waals surface area contributed by atoms with Crippen LogP contribution in [0, 0.1) is 5.41 Å². The minimum atomic E-state index is -3.11. The molecule has 4 heteroatoms. The van der Waals surface area contributed by atoms with Gasteiger partial charge in [-0.15, -0.1) is 0 Å². The molecule has 0 aliphatic heterocycles. The molecule has 2 aliphatic rings. The van der Waals surface area contributed by atoms with Crippen molar-refractivity contribution in [3.05, 3.63) is 301 Å². The number of hydrogen-bond acceptors (Lipinski definition) is 2. The van der Waals surface area contributed by atoms with E-state index in [2.05, 4.69) is 279 Å². The van der Waals surface area contributed by atoms with E-state index in [4.69, 9.17) is 8.85 Å². The summed E-state index contributed by atoms with van der Waals surface area (Å²) in [5, 5.41) is 7.44. The smallest absolute Gasteiger partial charge is 0.288 e. The summed E-state index contributed by atoms with van der Waals surface area (Å²) in [4.78, 5) is 0. The molecule has 0 saturated carbocycles. The third kappa shape index (κ3) is 7.70. The number of hydrogen-bond donors (Lipinski definition) is 0. The fourth-order valence-corrected chi connectivity index (χ4v) is 20.5. The topological polar surface area (TPSA) is 18.5 Å². The van der Waals surface area contributed by atoms with Crippen molar-refractivity contribution in [2.75, 3.05) is 13.2 Å². The zero-order valence-corrected chi connectivity index (χ0v) is 41.9. The van der Waals surface area contributed by atoms with Crippen molar-refractivity contribution in [2.45, 2.75) is 24.7 Å². The van der Waals surface area contributed by atoms with Gasteiger partial charge < -0.3 is 8.85 Å². The van der Waals surface area contributed by atoms with Gasteiger partial charge in [-0.2, -0.15) is 0 Å². The van der Waals surface area contributed by atoms with E-state index in [1.807, 2.05) is 0 Å². The normalized spacial score (nSPS) is 13.3. The van der Waals surface area contributed by atoms with Crippen LogP contribution in [0.15, 0.2) is 279 Å². The summed E-state index contributed by atoms with van der Waals surface area (Å²) in [6.07, 6.45) is 1.55. The van der Waals surface area contributed by atoms with Crippen LogP contribution in [0.1, 0.15) is 46.9 Å². The zero-order valence-electron chi connectivity index (χ0n) is 39.9. The summed E-state index contributed by atoms with van der Waals surface area (Å²) in [5.41, 5.74) is 10.3. The molecule has 0 fully saturated rings. The lowest BCUT2D eigenvalue weighted by Crippen LogP contribution is -2.69. The second-order valence-electron chi connectivity index (χ2n) is 19.2. The Kier molecular flexibility index (Phi) is 12.2. The molecule has 0 saturated heterocycles. The van der Waals surface area contributed by atoms with E-state index < -0.39 is 22.0 Å². The first-order valence-corrected chi connectivity index (χ1v) is 29.0. The Labute approximate surface area is 421 Å². The summed E-state index contributed by atoms with van der Waals surface area (Å²) in [7, 11) is -6.21. The van der Waals surface area contributed by atoms with Gasteiger partial charge in [-0.3, -0.25) is 0 Å².